The Kier molecular flexibility index (Phi) is 6.84. The molecule has 0 aliphatic heterocycles. The maximum absolute atomic E-state index is 12.6. The molecule has 0 unspecified atom stereocenters. The zero-order valence-corrected chi connectivity index (χ0v) is 14.6. The van der Waals surface area contributed by atoms with Gasteiger partial charge in [0.2, 0.25) is 10.0 Å². The molecule has 0 atom stereocenters. The van der Waals surface area contributed by atoms with Crippen molar-refractivity contribution in [1.82, 2.24) is 9.62 Å². The number of hydrogen-bond acceptors (Lipinski definition) is 3. The molecule has 120 valence electrons. The third-order valence-corrected chi connectivity index (χ3v) is 5.15. The van der Waals surface area contributed by atoms with Crippen LogP contribution in [0.25, 0.3) is 0 Å². The lowest BCUT2D eigenvalue weighted by molar-refractivity contribution is 0.381. The summed E-state index contributed by atoms with van der Waals surface area (Å²) in [6, 6.07) is 7.58. The molecule has 21 heavy (non-hydrogen) atoms. The topological polar surface area (TPSA) is 49.4 Å². The largest absolute Gasteiger partial charge is 0.310 e. The van der Waals surface area contributed by atoms with Crippen LogP contribution in [0.4, 0.5) is 0 Å². The van der Waals surface area contributed by atoms with Crippen molar-refractivity contribution in [2.75, 3.05) is 13.1 Å². The van der Waals surface area contributed by atoms with Crippen molar-refractivity contribution in [2.24, 2.45) is 5.92 Å². The summed E-state index contributed by atoms with van der Waals surface area (Å²) < 4.78 is 26.7. The SMILES string of the molecule is CCN(CC(C)C)S(=O)(=O)c1ccc(CNC(C)C)cc1. The van der Waals surface area contributed by atoms with Crippen LogP contribution in [0.3, 0.4) is 0 Å². The summed E-state index contributed by atoms with van der Waals surface area (Å²) in [5, 5.41) is 3.32. The van der Waals surface area contributed by atoms with Crippen molar-refractivity contribution in [3.63, 3.8) is 0 Å². The van der Waals surface area contributed by atoms with Gasteiger partial charge in [-0.15, -0.1) is 0 Å². The lowest BCUT2D eigenvalue weighted by atomic mass is 10.2. The molecule has 5 heteroatoms. The van der Waals surface area contributed by atoms with Crippen molar-refractivity contribution in [3.05, 3.63) is 29.8 Å². The van der Waals surface area contributed by atoms with E-state index in [1.807, 2.05) is 32.9 Å². The van der Waals surface area contributed by atoms with E-state index in [-0.39, 0.29) is 0 Å². The van der Waals surface area contributed by atoms with Crippen LogP contribution in [0, 0.1) is 5.92 Å². The molecule has 0 heterocycles. The predicted molar refractivity (Wildman–Crippen MR) is 87.7 cm³/mol. The Bertz CT molecular complexity index is 522. The summed E-state index contributed by atoms with van der Waals surface area (Å²) in [4.78, 5) is 0.373. The van der Waals surface area contributed by atoms with Crippen molar-refractivity contribution >= 4 is 10.0 Å². The molecule has 1 N–H and O–H groups in total. The van der Waals surface area contributed by atoms with Crippen LogP contribution in [-0.4, -0.2) is 31.9 Å². The van der Waals surface area contributed by atoms with E-state index in [2.05, 4.69) is 19.2 Å². The summed E-state index contributed by atoms with van der Waals surface area (Å²) >= 11 is 0. The minimum Gasteiger partial charge on any atom is -0.310 e. The Balaban J connectivity index is 2.88. The lowest BCUT2D eigenvalue weighted by Crippen LogP contribution is -2.34. The molecule has 0 aromatic heterocycles. The Hall–Kier alpha value is -0.910. The van der Waals surface area contributed by atoms with Gasteiger partial charge < -0.3 is 5.32 Å². The zero-order valence-electron chi connectivity index (χ0n) is 13.8. The fourth-order valence-electron chi connectivity index (χ4n) is 2.05. The Labute approximate surface area is 129 Å². The van der Waals surface area contributed by atoms with Crippen LogP contribution in [0.2, 0.25) is 0 Å². The highest BCUT2D eigenvalue weighted by atomic mass is 32.2. The van der Waals surface area contributed by atoms with Gasteiger partial charge in [0.1, 0.15) is 0 Å². The maximum atomic E-state index is 12.6. The summed E-state index contributed by atoms with van der Waals surface area (Å²) in [6.07, 6.45) is 0. The van der Waals surface area contributed by atoms with Crippen LogP contribution in [-0.2, 0) is 16.6 Å². The minimum absolute atomic E-state index is 0.314. The summed E-state index contributed by atoms with van der Waals surface area (Å²) in [5.74, 6) is 0.314. The van der Waals surface area contributed by atoms with Crippen molar-refractivity contribution in [1.29, 1.82) is 0 Å². The molecular weight excluding hydrogens is 284 g/mol. The molecular formula is C16H28N2O2S. The number of nitrogens with zero attached hydrogens (tertiary/aromatic N) is 1. The monoisotopic (exact) mass is 312 g/mol. The van der Waals surface area contributed by atoms with E-state index < -0.39 is 10.0 Å². The van der Waals surface area contributed by atoms with E-state index in [0.29, 0.717) is 29.9 Å². The first kappa shape index (κ1) is 18.1. The van der Waals surface area contributed by atoms with E-state index in [4.69, 9.17) is 0 Å². The standard InChI is InChI=1S/C16H28N2O2S/c1-6-18(12-13(2)3)21(19,20)16-9-7-15(8-10-16)11-17-14(4)5/h7-10,13-14,17H,6,11-12H2,1-5H3. The van der Waals surface area contributed by atoms with Gasteiger partial charge in [-0.1, -0.05) is 46.8 Å². The molecule has 0 spiro atoms. The van der Waals surface area contributed by atoms with Crippen LogP contribution < -0.4 is 5.32 Å². The molecule has 1 aromatic carbocycles. The second kappa shape index (κ2) is 7.92. The van der Waals surface area contributed by atoms with Crippen LogP contribution in [0.5, 0.6) is 0 Å². The van der Waals surface area contributed by atoms with E-state index in [1.165, 1.54) is 0 Å². The van der Waals surface area contributed by atoms with Gasteiger partial charge in [0.15, 0.2) is 0 Å². The van der Waals surface area contributed by atoms with Gasteiger partial charge in [0, 0.05) is 25.7 Å². The van der Waals surface area contributed by atoms with Crippen molar-refractivity contribution < 1.29 is 8.42 Å². The highest BCUT2D eigenvalue weighted by molar-refractivity contribution is 7.89. The number of sulfonamides is 1. The minimum atomic E-state index is -3.38. The number of hydrogen-bond donors (Lipinski definition) is 1. The molecule has 0 radical (unpaired) electrons. The first-order chi connectivity index (χ1) is 9.77. The van der Waals surface area contributed by atoms with Gasteiger partial charge in [-0.3, -0.25) is 0 Å². The first-order valence-electron chi connectivity index (χ1n) is 7.59. The highest BCUT2D eigenvalue weighted by Gasteiger charge is 2.23. The molecule has 0 saturated heterocycles. The van der Waals surface area contributed by atoms with Crippen LogP contribution >= 0.6 is 0 Å². The molecule has 0 aliphatic carbocycles. The van der Waals surface area contributed by atoms with Crippen LogP contribution in [0.15, 0.2) is 29.2 Å². The van der Waals surface area contributed by atoms with Gasteiger partial charge in [-0.05, 0) is 23.6 Å². The van der Waals surface area contributed by atoms with Crippen LogP contribution in [0.1, 0.15) is 40.2 Å². The molecule has 1 rings (SSSR count). The van der Waals surface area contributed by atoms with Crippen molar-refractivity contribution in [2.45, 2.75) is 52.1 Å². The van der Waals surface area contributed by atoms with Gasteiger partial charge in [-0.25, -0.2) is 8.42 Å². The summed E-state index contributed by atoms with van der Waals surface area (Å²) in [7, 11) is -3.38. The fraction of sp³-hybridized carbons (Fsp3) is 0.625. The molecule has 0 amide bonds. The number of nitrogens with one attached hydrogen (secondary N) is 1. The third kappa shape index (κ3) is 5.41. The van der Waals surface area contributed by atoms with E-state index in [1.54, 1.807) is 16.4 Å². The Morgan fingerprint density at radius 2 is 1.67 bits per heavy atom. The summed E-state index contributed by atoms with van der Waals surface area (Å²) in [5.41, 5.74) is 1.09. The second-order valence-corrected chi connectivity index (χ2v) is 7.97. The molecule has 0 bridgehead atoms. The normalized spacial score (nSPS) is 12.6. The van der Waals surface area contributed by atoms with E-state index in [9.17, 15) is 8.42 Å². The van der Waals surface area contributed by atoms with E-state index in [0.717, 1.165) is 12.1 Å². The Morgan fingerprint density at radius 3 is 2.10 bits per heavy atom. The maximum Gasteiger partial charge on any atom is 0.243 e. The van der Waals surface area contributed by atoms with E-state index >= 15 is 0 Å². The molecule has 4 nitrogen and oxygen atoms in total. The lowest BCUT2D eigenvalue weighted by Gasteiger charge is -2.22. The summed E-state index contributed by atoms with van der Waals surface area (Å²) in [6.45, 7) is 11.9. The average molecular weight is 312 g/mol. The quantitative estimate of drug-likeness (QED) is 0.803. The second-order valence-electron chi connectivity index (χ2n) is 6.03. The molecule has 0 fully saturated rings. The molecule has 0 aliphatic rings. The Morgan fingerprint density at radius 1 is 1.10 bits per heavy atom. The van der Waals surface area contributed by atoms with Gasteiger partial charge in [-0.2, -0.15) is 4.31 Å². The fourth-order valence-corrected chi connectivity index (χ4v) is 3.67. The van der Waals surface area contributed by atoms with Crippen molar-refractivity contribution in [3.8, 4) is 0 Å². The third-order valence-electron chi connectivity index (χ3n) is 3.20. The number of rotatable bonds is 8. The number of benzene rings is 1. The van der Waals surface area contributed by atoms with Gasteiger partial charge in [0.05, 0.1) is 4.90 Å². The highest BCUT2D eigenvalue weighted by Crippen LogP contribution is 2.17. The van der Waals surface area contributed by atoms with Gasteiger partial charge >= 0.3 is 0 Å². The van der Waals surface area contributed by atoms with Gasteiger partial charge in [0.25, 0.3) is 0 Å². The average Bonchev–Trinajstić information content (AvgIpc) is 2.42. The first-order valence-corrected chi connectivity index (χ1v) is 9.03. The molecule has 1 aromatic rings. The molecule has 0 saturated carbocycles. The smallest absolute Gasteiger partial charge is 0.243 e. The zero-order chi connectivity index (χ0) is 16.0. The predicted octanol–water partition coefficient (Wildman–Crippen LogP) is 2.85.